The smallest absolute Gasteiger partial charge is 0.339 e. The standard InChI is InChI=1S/C19H13F2NO5S/c20-13-6-12(7-14(21)9-13)11-2-1-3-15(8-11)22(28(26)27)16-4-5-17(19(24)25)18(23)10-16/h1-10,23H,(H,24,25)(H,26,27)/p-1. The first kappa shape index (κ1) is 19.5. The van der Waals surface area contributed by atoms with E-state index in [0.29, 0.717) is 5.56 Å². The first-order valence-corrected chi connectivity index (χ1v) is 8.82. The lowest BCUT2D eigenvalue weighted by molar-refractivity contribution is 0.0693. The summed E-state index contributed by atoms with van der Waals surface area (Å²) in [6, 6.07) is 12.1. The Labute approximate surface area is 160 Å². The van der Waals surface area contributed by atoms with Gasteiger partial charge >= 0.3 is 5.97 Å². The minimum absolute atomic E-state index is 0.0154. The van der Waals surface area contributed by atoms with Crippen molar-refractivity contribution in [3.8, 4) is 16.9 Å². The summed E-state index contributed by atoms with van der Waals surface area (Å²) in [6.07, 6.45) is 0. The molecule has 0 radical (unpaired) electrons. The number of hydrogen-bond acceptors (Lipinski definition) is 4. The van der Waals surface area contributed by atoms with Crippen LogP contribution in [0.15, 0.2) is 60.7 Å². The van der Waals surface area contributed by atoms with E-state index in [1.54, 1.807) is 6.07 Å². The van der Waals surface area contributed by atoms with Crippen LogP contribution in [0.1, 0.15) is 10.4 Å². The molecule has 28 heavy (non-hydrogen) atoms. The van der Waals surface area contributed by atoms with Crippen LogP contribution >= 0.6 is 0 Å². The average Bonchev–Trinajstić information content (AvgIpc) is 2.61. The number of carboxylic acids is 1. The van der Waals surface area contributed by atoms with Crippen LogP contribution in [0.5, 0.6) is 5.75 Å². The fourth-order valence-corrected chi connectivity index (χ4v) is 3.25. The Hall–Kier alpha value is -3.30. The minimum Gasteiger partial charge on any atom is -0.755 e. The normalized spacial score (nSPS) is 11.8. The van der Waals surface area contributed by atoms with Crippen molar-refractivity contribution in [2.75, 3.05) is 4.31 Å². The number of phenols is 1. The summed E-state index contributed by atoms with van der Waals surface area (Å²) in [4.78, 5) is 11.0. The number of halogens is 2. The largest absolute Gasteiger partial charge is 0.755 e. The molecule has 1 unspecified atom stereocenters. The molecule has 0 aliphatic carbocycles. The topological polar surface area (TPSA) is 101 Å². The molecule has 0 aliphatic rings. The summed E-state index contributed by atoms with van der Waals surface area (Å²) in [5.74, 6) is -3.53. The Kier molecular flexibility index (Phi) is 5.39. The molecule has 144 valence electrons. The van der Waals surface area contributed by atoms with Crippen molar-refractivity contribution in [1.82, 2.24) is 0 Å². The van der Waals surface area contributed by atoms with Gasteiger partial charge in [-0.2, -0.15) is 0 Å². The lowest BCUT2D eigenvalue weighted by Crippen LogP contribution is -2.19. The number of anilines is 2. The number of aromatic hydroxyl groups is 1. The molecule has 0 heterocycles. The summed E-state index contributed by atoms with van der Waals surface area (Å²) in [6.45, 7) is 0. The molecule has 0 amide bonds. The van der Waals surface area contributed by atoms with E-state index in [2.05, 4.69) is 0 Å². The van der Waals surface area contributed by atoms with E-state index in [1.165, 1.54) is 24.3 Å². The summed E-state index contributed by atoms with van der Waals surface area (Å²) in [5, 5.41) is 18.8. The second-order valence-electron chi connectivity index (χ2n) is 5.73. The molecule has 9 heteroatoms. The number of nitrogens with zero attached hydrogens (tertiary/aromatic N) is 1. The molecule has 3 rings (SSSR count). The van der Waals surface area contributed by atoms with Gasteiger partial charge in [-0.3, -0.25) is 8.51 Å². The van der Waals surface area contributed by atoms with Crippen molar-refractivity contribution in [2.45, 2.75) is 0 Å². The third kappa shape index (κ3) is 4.00. The van der Waals surface area contributed by atoms with Gasteiger partial charge in [0, 0.05) is 12.1 Å². The van der Waals surface area contributed by atoms with E-state index in [9.17, 15) is 27.4 Å². The van der Waals surface area contributed by atoms with Crippen LogP contribution in [0.25, 0.3) is 11.1 Å². The van der Waals surface area contributed by atoms with Gasteiger partial charge in [0.1, 0.15) is 22.9 Å². The molecule has 0 aromatic heterocycles. The Morgan fingerprint density at radius 2 is 1.57 bits per heavy atom. The van der Waals surface area contributed by atoms with E-state index < -0.39 is 34.6 Å². The lowest BCUT2D eigenvalue weighted by Gasteiger charge is -2.27. The van der Waals surface area contributed by atoms with Crippen LogP contribution in [-0.2, 0) is 11.3 Å². The number of benzene rings is 3. The third-order valence-corrected chi connectivity index (χ3v) is 4.59. The van der Waals surface area contributed by atoms with Crippen LogP contribution < -0.4 is 4.31 Å². The molecule has 0 saturated carbocycles. The molecule has 3 aromatic carbocycles. The zero-order valence-corrected chi connectivity index (χ0v) is 14.8. The predicted octanol–water partition coefficient (Wildman–Crippen LogP) is 3.97. The maximum atomic E-state index is 13.5. The van der Waals surface area contributed by atoms with Gasteiger partial charge in [0.05, 0.1) is 22.6 Å². The minimum atomic E-state index is -2.83. The maximum absolute atomic E-state index is 13.5. The molecule has 0 spiro atoms. The van der Waals surface area contributed by atoms with Crippen molar-refractivity contribution in [3.63, 3.8) is 0 Å². The van der Waals surface area contributed by atoms with Crippen molar-refractivity contribution in [2.24, 2.45) is 0 Å². The van der Waals surface area contributed by atoms with Crippen LogP contribution in [-0.4, -0.2) is 24.9 Å². The molecule has 0 bridgehead atoms. The Bertz CT molecular complexity index is 1070. The fraction of sp³-hybridized carbons (Fsp3) is 0. The number of rotatable bonds is 5. The number of carbonyl (C=O) groups is 1. The summed E-state index contributed by atoms with van der Waals surface area (Å²) in [5.41, 5.74) is 0.290. The first-order valence-electron chi connectivity index (χ1n) is 7.78. The van der Waals surface area contributed by atoms with E-state index in [4.69, 9.17) is 5.11 Å². The highest BCUT2D eigenvalue weighted by Gasteiger charge is 2.16. The van der Waals surface area contributed by atoms with Crippen LogP contribution in [0.2, 0.25) is 0 Å². The molecular formula is C19H12F2NO5S-. The SMILES string of the molecule is O=C(O)c1ccc(N(c2cccc(-c3cc(F)cc(F)c3)c2)S(=O)[O-])cc1O. The van der Waals surface area contributed by atoms with Gasteiger partial charge in [0.15, 0.2) is 0 Å². The average molecular weight is 404 g/mol. The van der Waals surface area contributed by atoms with E-state index in [1.807, 2.05) is 0 Å². The van der Waals surface area contributed by atoms with Gasteiger partial charge in [-0.1, -0.05) is 12.1 Å². The van der Waals surface area contributed by atoms with Crippen molar-refractivity contribution >= 4 is 28.6 Å². The molecule has 6 nitrogen and oxygen atoms in total. The third-order valence-electron chi connectivity index (χ3n) is 3.87. The summed E-state index contributed by atoms with van der Waals surface area (Å²) >= 11 is -2.83. The number of hydrogen-bond donors (Lipinski definition) is 2. The number of carboxylic acid groups (broad SMARTS) is 1. The number of aromatic carboxylic acids is 1. The fourth-order valence-electron chi connectivity index (χ4n) is 2.68. The summed E-state index contributed by atoms with van der Waals surface area (Å²) in [7, 11) is 0. The monoisotopic (exact) mass is 404 g/mol. The van der Waals surface area contributed by atoms with Crippen molar-refractivity contribution in [1.29, 1.82) is 0 Å². The maximum Gasteiger partial charge on any atom is 0.339 e. The summed E-state index contributed by atoms with van der Waals surface area (Å²) < 4.78 is 51.4. The van der Waals surface area contributed by atoms with E-state index in [0.717, 1.165) is 34.6 Å². The van der Waals surface area contributed by atoms with Gasteiger partial charge in [-0.25, -0.2) is 13.6 Å². The zero-order valence-electron chi connectivity index (χ0n) is 14.0. The van der Waals surface area contributed by atoms with Gasteiger partial charge in [0.2, 0.25) is 0 Å². The van der Waals surface area contributed by atoms with Crippen LogP contribution in [0.4, 0.5) is 20.2 Å². The van der Waals surface area contributed by atoms with E-state index in [-0.39, 0.29) is 22.5 Å². The quantitative estimate of drug-likeness (QED) is 0.627. The van der Waals surface area contributed by atoms with Gasteiger partial charge in [0.25, 0.3) is 0 Å². The zero-order chi connectivity index (χ0) is 20.4. The highest BCUT2D eigenvalue weighted by Crippen LogP contribution is 2.33. The first-order chi connectivity index (χ1) is 13.3. The molecular weight excluding hydrogens is 392 g/mol. The van der Waals surface area contributed by atoms with Gasteiger partial charge in [-0.15, -0.1) is 0 Å². The van der Waals surface area contributed by atoms with Crippen molar-refractivity contribution in [3.05, 3.63) is 77.9 Å². The lowest BCUT2D eigenvalue weighted by atomic mass is 10.0. The highest BCUT2D eigenvalue weighted by atomic mass is 32.2. The second kappa shape index (κ2) is 7.75. The van der Waals surface area contributed by atoms with Gasteiger partial charge in [-0.05, 0) is 47.5 Å². The molecule has 1 atom stereocenters. The van der Waals surface area contributed by atoms with Crippen LogP contribution in [0, 0.1) is 11.6 Å². The molecule has 0 saturated heterocycles. The molecule has 2 N–H and O–H groups in total. The van der Waals surface area contributed by atoms with E-state index >= 15 is 0 Å². The molecule has 0 fully saturated rings. The molecule has 3 aromatic rings. The molecule has 0 aliphatic heterocycles. The Morgan fingerprint density at radius 1 is 0.929 bits per heavy atom. The predicted molar refractivity (Wildman–Crippen MR) is 97.9 cm³/mol. The Morgan fingerprint density at radius 3 is 2.14 bits per heavy atom. The second-order valence-corrected chi connectivity index (χ2v) is 6.53. The van der Waals surface area contributed by atoms with Crippen molar-refractivity contribution < 1.29 is 32.6 Å². The Balaban J connectivity index is 2.08. The highest BCUT2D eigenvalue weighted by molar-refractivity contribution is 7.81. The van der Waals surface area contributed by atoms with Crippen LogP contribution in [0.3, 0.4) is 0 Å². The van der Waals surface area contributed by atoms with Gasteiger partial charge < -0.3 is 14.8 Å².